The highest BCUT2D eigenvalue weighted by Crippen LogP contribution is 2.25. The maximum atomic E-state index is 8.58. The minimum atomic E-state index is 0.723. The monoisotopic (exact) mass is 381 g/mol. The normalized spacial score (nSPS) is 9.86. The van der Waals surface area contributed by atoms with Crippen LogP contribution < -0.4 is 5.32 Å². The quantitative estimate of drug-likeness (QED) is 0.601. The number of nitrogens with one attached hydrogen (secondary N) is 1. The van der Waals surface area contributed by atoms with E-state index < -0.39 is 0 Å². The van der Waals surface area contributed by atoms with E-state index >= 15 is 0 Å². The molecule has 5 heteroatoms. The Morgan fingerprint density at radius 3 is 2.14 bits per heavy atom. The second-order valence-electron chi connectivity index (χ2n) is 6.58. The van der Waals surface area contributed by atoms with Crippen LogP contribution in [0.1, 0.15) is 33.6 Å². The second kappa shape index (κ2) is 10.4. The number of benzene rings is 2. The van der Waals surface area contributed by atoms with Gasteiger partial charge in [0.05, 0.1) is 17.7 Å². The van der Waals surface area contributed by atoms with Crippen molar-refractivity contribution in [1.29, 1.82) is 10.5 Å². The summed E-state index contributed by atoms with van der Waals surface area (Å²) in [6, 6.07) is 17.5. The zero-order chi connectivity index (χ0) is 21.2. The molecule has 0 unspecified atom stereocenters. The summed E-state index contributed by atoms with van der Waals surface area (Å²) < 4.78 is 0. The van der Waals surface area contributed by atoms with E-state index in [1.807, 2.05) is 76.2 Å². The molecule has 0 spiro atoms. The molecule has 3 rings (SSSR count). The molecule has 144 valence electrons. The number of allylic oxidation sites excluding steroid dienone is 1. The van der Waals surface area contributed by atoms with Crippen molar-refractivity contribution >= 4 is 17.6 Å². The highest BCUT2D eigenvalue weighted by Gasteiger charge is 2.05. The molecule has 0 fully saturated rings. The lowest BCUT2D eigenvalue weighted by Gasteiger charge is -2.13. The van der Waals surface area contributed by atoms with Crippen LogP contribution in [-0.4, -0.2) is 9.97 Å². The molecule has 0 saturated carbocycles. The lowest BCUT2D eigenvalue weighted by Crippen LogP contribution is -2.00. The number of anilines is 2. The molecule has 0 saturated heterocycles. The van der Waals surface area contributed by atoms with E-state index in [0.717, 1.165) is 39.6 Å². The molecular weight excluding hydrogens is 358 g/mol. The van der Waals surface area contributed by atoms with Gasteiger partial charge in [-0.05, 0) is 80.8 Å². The summed E-state index contributed by atoms with van der Waals surface area (Å²) >= 11 is 0. The first-order chi connectivity index (χ1) is 13.9. The third-order valence-electron chi connectivity index (χ3n) is 4.12. The maximum Gasteiger partial charge on any atom is 0.134 e. The maximum absolute atomic E-state index is 8.58. The smallest absolute Gasteiger partial charge is 0.134 e. The third kappa shape index (κ3) is 6.61. The lowest BCUT2D eigenvalue weighted by molar-refractivity contribution is 1.05. The molecule has 0 aliphatic rings. The fourth-order valence-corrected chi connectivity index (χ4v) is 2.71. The number of nitriles is 2. The number of nitrogens with zero attached hydrogens (tertiary/aromatic N) is 4. The van der Waals surface area contributed by atoms with Gasteiger partial charge in [0.15, 0.2) is 0 Å². The Morgan fingerprint density at radius 2 is 1.59 bits per heavy atom. The van der Waals surface area contributed by atoms with E-state index in [1.165, 1.54) is 11.6 Å². The first-order valence-corrected chi connectivity index (χ1v) is 9.13. The van der Waals surface area contributed by atoms with Crippen molar-refractivity contribution in [1.82, 2.24) is 9.97 Å². The second-order valence-corrected chi connectivity index (χ2v) is 6.58. The van der Waals surface area contributed by atoms with Gasteiger partial charge in [-0.15, -0.1) is 0 Å². The molecule has 5 nitrogen and oxygen atoms in total. The van der Waals surface area contributed by atoms with Crippen LogP contribution in [0.5, 0.6) is 0 Å². The average Bonchev–Trinajstić information content (AvgIpc) is 2.70. The molecule has 29 heavy (non-hydrogen) atoms. The Kier molecular flexibility index (Phi) is 7.65. The number of hydrogen-bond acceptors (Lipinski definition) is 5. The molecule has 0 aliphatic carbocycles. The largest absolute Gasteiger partial charge is 0.340 e. The molecule has 0 bridgehead atoms. The van der Waals surface area contributed by atoms with Crippen molar-refractivity contribution in [2.75, 3.05) is 5.32 Å². The third-order valence-corrected chi connectivity index (χ3v) is 4.12. The molecule has 0 aliphatic heterocycles. The Morgan fingerprint density at radius 1 is 0.931 bits per heavy atom. The summed E-state index contributed by atoms with van der Waals surface area (Å²) in [5, 5.41) is 20.3. The van der Waals surface area contributed by atoms with E-state index in [-0.39, 0.29) is 0 Å². The summed E-state index contributed by atoms with van der Waals surface area (Å²) in [7, 11) is 0. The van der Waals surface area contributed by atoms with Crippen molar-refractivity contribution in [2.45, 2.75) is 27.7 Å². The van der Waals surface area contributed by atoms with Crippen molar-refractivity contribution in [3.8, 4) is 12.1 Å². The molecule has 3 aromatic rings. The van der Waals surface area contributed by atoms with E-state index in [2.05, 4.69) is 21.4 Å². The van der Waals surface area contributed by atoms with Gasteiger partial charge in [-0.2, -0.15) is 10.5 Å². The van der Waals surface area contributed by atoms with Crippen LogP contribution >= 0.6 is 0 Å². The highest BCUT2D eigenvalue weighted by molar-refractivity contribution is 5.68. The van der Waals surface area contributed by atoms with Crippen molar-refractivity contribution < 1.29 is 0 Å². The van der Waals surface area contributed by atoms with Gasteiger partial charge >= 0.3 is 0 Å². The zero-order valence-electron chi connectivity index (χ0n) is 17.1. The van der Waals surface area contributed by atoms with Crippen LogP contribution in [0.2, 0.25) is 0 Å². The molecule has 0 atom stereocenters. The van der Waals surface area contributed by atoms with E-state index in [9.17, 15) is 0 Å². The number of hydrogen-bond donors (Lipinski definition) is 1. The Bertz CT molecular complexity index is 1060. The summed E-state index contributed by atoms with van der Waals surface area (Å²) in [4.78, 5) is 8.43. The lowest BCUT2D eigenvalue weighted by atomic mass is 10.0. The van der Waals surface area contributed by atoms with Gasteiger partial charge in [0.2, 0.25) is 0 Å². The standard InChI is InChI=1S/C16H16N4.C8H7N/c1-11-9-14(5-4-7-17)10-12(2)16(11)20-15-6-8-18-13(3)19-15;1-7-2-4-8(6-9)5-3-7/h4-6,8-10H,1-3H3,(H,18,19,20);2-5H,1H3/b5-4+;. The van der Waals surface area contributed by atoms with Gasteiger partial charge in [0, 0.05) is 18.0 Å². The predicted molar refractivity (Wildman–Crippen MR) is 117 cm³/mol. The first kappa shape index (κ1) is 21.3. The number of aryl methyl sites for hydroxylation is 4. The van der Waals surface area contributed by atoms with Gasteiger partial charge < -0.3 is 5.32 Å². The van der Waals surface area contributed by atoms with E-state index in [1.54, 1.807) is 12.3 Å². The Hall–Kier alpha value is -3.96. The SMILES string of the molecule is Cc1ccc(C#N)cc1.Cc1nccc(Nc2c(C)cc(/C=C/C#N)cc2C)n1. The molecule has 1 heterocycles. The minimum Gasteiger partial charge on any atom is -0.340 e. The van der Waals surface area contributed by atoms with E-state index in [4.69, 9.17) is 10.5 Å². The van der Waals surface area contributed by atoms with Gasteiger partial charge in [-0.1, -0.05) is 17.7 Å². The average molecular weight is 381 g/mol. The van der Waals surface area contributed by atoms with Gasteiger partial charge in [0.1, 0.15) is 11.6 Å². The van der Waals surface area contributed by atoms with E-state index in [0.29, 0.717) is 0 Å². The summed E-state index contributed by atoms with van der Waals surface area (Å²) in [5.74, 6) is 1.52. The summed E-state index contributed by atoms with van der Waals surface area (Å²) in [6.45, 7) is 7.93. The molecule has 2 aromatic carbocycles. The van der Waals surface area contributed by atoms with Crippen LogP contribution in [0.4, 0.5) is 11.5 Å². The predicted octanol–water partition coefficient (Wildman–Crippen LogP) is 5.55. The van der Waals surface area contributed by atoms with Crippen molar-refractivity contribution in [2.24, 2.45) is 0 Å². The van der Waals surface area contributed by atoms with Crippen molar-refractivity contribution in [3.63, 3.8) is 0 Å². The Balaban J connectivity index is 0.000000278. The molecule has 0 amide bonds. The first-order valence-electron chi connectivity index (χ1n) is 9.13. The zero-order valence-corrected chi connectivity index (χ0v) is 17.1. The van der Waals surface area contributed by atoms with Gasteiger partial charge in [-0.25, -0.2) is 9.97 Å². The highest BCUT2D eigenvalue weighted by atomic mass is 15.0. The number of rotatable bonds is 3. The van der Waals surface area contributed by atoms with Gasteiger partial charge in [-0.3, -0.25) is 0 Å². The van der Waals surface area contributed by atoms with Crippen LogP contribution in [0.3, 0.4) is 0 Å². The minimum absolute atomic E-state index is 0.723. The topological polar surface area (TPSA) is 85.4 Å². The molecule has 1 aromatic heterocycles. The van der Waals surface area contributed by atoms with Crippen LogP contribution in [0.15, 0.2) is 54.7 Å². The van der Waals surface area contributed by atoms with Crippen LogP contribution in [-0.2, 0) is 0 Å². The molecule has 0 radical (unpaired) electrons. The van der Waals surface area contributed by atoms with Crippen molar-refractivity contribution in [3.05, 3.63) is 88.4 Å². The van der Waals surface area contributed by atoms with Crippen LogP contribution in [0.25, 0.3) is 6.08 Å². The fraction of sp³-hybridized carbons (Fsp3) is 0.167. The molecular formula is C24H23N5. The van der Waals surface area contributed by atoms with Gasteiger partial charge in [0.25, 0.3) is 0 Å². The summed E-state index contributed by atoms with van der Waals surface area (Å²) in [6.07, 6.45) is 5.02. The number of aromatic nitrogens is 2. The van der Waals surface area contributed by atoms with Crippen LogP contribution in [0, 0.1) is 50.4 Å². The Labute approximate surface area is 172 Å². The fourth-order valence-electron chi connectivity index (χ4n) is 2.71. The summed E-state index contributed by atoms with van der Waals surface area (Å²) in [5.41, 5.74) is 6.19. The molecule has 1 N–H and O–H groups in total.